The van der Waals surface area contributed by atoms with Gasteiger partial charge < -0.3 is 14.8 Å². The van der Waals surface area contributed by atoms with Gasteiger partial charge in [-0.1, -0.05) is 25.0 Å². The highest BCUT2D eigenvalue weighted by atomic mass is 79.9. The lowest BCUT2D eigenvalue weighted by Crippen LogP contribution is -2.41. The third kappa shape index (κ3) is 3.43. The maximum atomic E-state index is 6.39. The van der Waals surface area contributed by atoms with E-state index in [1.807, 2.05) is 7.05 Å². The molecule has 0 amide bonds. The maximum Gasteiger partial charge on any atom is 0.138 e. The molecule has 1 unspecified atom stereocenters. The van der Waals surface area contributed by atoms with Crippen molar-refractivity contribution in [1.29, 1.82) is 0 Å². The van der Waals surface area contributed by atoms with Gasteiger partial charge in [-0.05, 0) is 41.9 Å². The zero-order chi connectivity index (χ0) is 14.7. The molecule has 0 bridgehead atoms. The predicted octanol–water partition coefficient (Wildman–Crippen LogP) is 4.04. The molecule has 116 valence electrons. The van der Waals surface area contributed by atoms with Crippen LogP contribution in [-0.4, -0.2) is 25.4 Å². The summed E-state index contributed by atoms with van der Waals surface area (Å²) in [6.07, 6.45) is 7.29. The van der Waals surface area contributed by atoms with E-state index in [1.54, 1.807) is 0 Å². The summed E-state index contributed by atoms with van der Waals surface area (Å²) in [6.45, 7) is 1.65. The summed E-state index contributed by atoms with van der Waals surface area (Å²) < 4.78 is 13.5. The van der Waals surface area contributed by atoms with Crippen molar-refractivity contribution in [3.8, 4) is 5.75 Å². The second-order valence-corrected chi connectivity index (χ2v) is 7.08. The third-order valence-corrected chi connectivity index (χ3v) is 5.29. The smallest absolute Gasteiger partial charge is 0.138 e. The van der Waals surface area contributed by atoms with Crippen molar-refractivity contribution in [3.63, 3.8) is 0 Å². The van der Waals surface area contributed by atoms with Crippen molar-refractivity contribution >= 4 is 15.9 Å². The topological polar surface area (TPSA) is 30.5 Å². The van der Waals surface area contributed by atoms with Crippen molar-refractivity contribution in [3.05, 3.63) is 28.2 Å². The van der Waals surface area contributed by atoms with Crippen LogP contribution in [0.3, 0.4) is 0 Å². The average Bonchev–Trinajstić information content (AvgIpc) is 2.91. The first-order valence-electron chi connectivity index (χ1n) is 7.95. The van der Waals surface area contributed by atoms with Gasteiger partial charge in [0.15, 0.2) is 0 Å². The number of halogens is 1. The molecule has 1 saturated heterocycles. The number of rotatable bonds is 4. The summed E-state index contributed by atoms with van der Waals surface area (Å²) in [5, 5.41) is 3.21. The molecule has 1 spiro atoms. The number of hydrogen-bond donors (Lipinski definition) is 1. The van der Waals surface area contributed by atoms with Gasteiger partial charge in [0.05, 0.1) is 16.7 Å². The minimum Gasteiger partial charge on any atom is -0.489 e. The highest BCUT2D eigenvalue weighted by molar-refractivity contribution is 9.10. The molecule has 1 heterocycles. The quantitative estimate of drug-likeness (QED) is 0.885. The van der Waals surface area contributed by atoms with Crippen LogP contribution in [0.1, 0.15) is 44.1 Å². The fraction of sp³-hybridized carbons (Fsp3) is 0.647. The number of para-hydroxylation sites is 1. The van der Waals surface area contributed by atoms with E-state index < -0.39 is 0 Å². The Morgan fingerprint density at radius 2 is 2.19 bits per heavy atom. The van der Waals surface area contributed by atoms with Crippen LogP contribution in [0.2, 0.25) is 0 Å². The van der Waals surface area contributed by atoms with E-state index in [4.69, 9.17) is 9.47 Å². The van der Waals surface area contributed by atoms with E-state index in [9.17, 15) is 0 Å². The Morgan fingerprint density at radius 3 is 2.95 bits per heavy atom. The molecule has 4 heteroatoms. The lowest BCUT2D eigenvalue weighted by Gasteiger charge is -2.38. The molecule has 3 nitrogen and oxygen atoms in total. The third-order valence-electron chi connectivity index (χ3n) is 4.66. The van der Waals surface area contributed by atoms with Gasteiger partial charge in [-0.15, -0.1) is 0 Å². The van der Waals surface area contributed by atoms with E-state index >= 15 is 0 Å². The van der Waals surface area contributed by atoms with Crippen LogP contribution in [0.15, 0.2) is 22.7 Å². The summed E-state index contributed by atoms with van der Waals surface area (Å²) >= 11 is 3.63. The largest absolute Gasteiger partial charge is 0.489 e. The Kier molecular flexibility index (Phi) is 4.87. The lowest BCUT2D eigenvalue weighted by molar-refractivity contribution is -0.108. The fourth-order valence-corrected chi connectivity index (χ4v) is 4.13. The number of benzene rings is 1. The van der Waals surface area contributed by atoms with Crippen molar-refractivity contribution in [2.24, 2.45) is 0 Å². The zero-order valence-corrected chi connectivity index (χ0v) is 14.2. The molecule has 21 heavy (non-hydrogen) atoms. The summed E-state index contributed by atoms with van der Waals surface area (Å²) in [4.78, 5) is 0. The summed E-state index contributed by atoms with van der Waals surface area (Å²) in [5.74, 6) is 0.992. The standard InChI is InChI=1S/C17H24BrNO2/c1-19-12-13-5-4-6-15(18)16(13)21-14-7-10-20-17(11-14)8-2-3-9-17/h4-6,14,19H,2-3,7-12H2,1H3. The van der Waals surface area contributed by atoms with Crippen LogP contribution in [0.5, 0.6) is 5.75 Å². The summed E-state index contributed by atoms with van der Waals surface area (Å²) in [6, 6.07) is 6.24. The number of ether oxygens (including phenoxy) is 2. The van der Waals surface area contributed by atoms with Gasteiger partial charge in [0.1, 0.15) is 11.9 Å². The van der Waals surface area contributed by atoms with Gasteiger partial charge in [-0.3, -0.25) is 0 Å². The summed E-state index contributed by atoms with van der Waals surface area (Å²) in [5.41, 5.74) is 1.31. The van der Waals surface area contributed by atoms with E-state index in [1.165, 1.54) is 31.2 Å². The first kappa shape index (κ1) is 15.3. The van der Waals surface area contributed by atoms with E-state index in [0.29, 0.717) is 0 Å². The molecule has 1 aliphatic carbocycles. The fourth-order valence-electron chi connectivity index (χ4n) is 3.63. The Morgan fingerprint density at radius 1 is 1.38 bits per heavy atom. The molecule has 2 fully saturated rings. The molecule has 3 rings (SSSR count). The average molecular weight is 354 g/mol. The van der Waals surface area contributed by atoms with E-state index in [0.717, 1.165) is 36.2 Å². The van der Waals surface area contributed by atoms with E-state index in [-0.39, 0.29) is 11.7 Å². The lowest BCUT2D eigenvalue weighted by atomic mass is 9.90. The van der Waals surface area contributed by atoms with Crippen LogP contribution in [0.25, 0.3) is 0 Å². The minimum atomic E-state index is 0.105. The molecular formula is C17H24BrNO2. The monoisotopic (exact) mass is 353 g/mol. The van der Waals surface area contributed by atoms with Crippen molar-refractivity contribution in [2.45, 2.75) is 56.8 Å². The van der Waals surface area contributed by atoms with Crippen molar-refractivity contribution in [1.82, 2.24) is 5.32 Å². The molecule has 1 saturated carbocycles. The molecular weight excluding hydrogens is 330 g/mol. The Hall–Kier alpha value is -0.580. The van der Waals surface area contributed by atoms with Crippen LogP contribution < -0.4 is 10.1 Å². The Bertz CT molecular complexity index is 486. The van der Waals surface area contributed by atoms with Gasteiger partial charge >= 0.3 is 0 Å². The Labute approximate surface area is 135 Å². The van der Waals surface area contributed by atoms with Gasteiger partial charge in [0, 0.05) is 24.9 Å². The van der Waals surface area contributed by atoms with Gasteiger partial charge in [0.2, 0.25) is 0 Å². The Balaban J connectivity index is 1.74. The second-order valence-electron chi connectivity index (χ2n) is 6.23. The molecule has 1 aromatic carbocycles. The van der Waals surface area contributed by atoms with Crippen LogP contribution in [0, 0.1) is 0 Å². The minimum absolute atomic E-state index is 0.105. The molecule has 1 N–H and O–H groups in total. The number of hydrogen-bond acceptors (Lipinski definition) is 3. The SMILES string of the molecule is CNCc1cccc(Br)c1OC1CCOC2(CCCC2)C1. The molecule has 0 aromatic heterocycles. The highest BCUT2D eigenvalue weighted by Crippen LogP contribution is 2.41. The van der Waals surface area contributed by atoms with Crippen LogP contribution in [0.4, 0.5) is 0 Å². The van der Waals surface area contributed by atoms with E-state index in [2.05, 4.69) is 39.4 Å². The molecule has 1 atom stereocenters. The highest BCUT2D eigenvalue weighted by Gasteiger charge is 2.40. The maximum absolute atomic E-state index is 6.39. The van der Waals surface area contributed by atoms with Crippen LogP contribution in [-0.2, 0) is 11.3 Å². The molecule has 2 aliphatic rings. The predicted molar refractivity (Wildman–Crippen MR) is 87.7 cm³/mol. The first-order chi connectivity index (χ1) is 10.2. The van der Waals surface area contributed by atoms with Crippen molar-refractivity contribution in [2.75, 3.05) is 13.7 Å². The second kappa shape index (κ2) is 6.67. The van der Waals surface area contributed by atoms with Crippen LogP contribution >= 0.6 is 15.9 Å². The van der Waals surface area contributed by atoms with Gasteiger partial charge in [-0.2, -0.15) is 0 Å². The van der Waals surface area contributed by atoms with Gasteiger partial charge in [-0.25, -0.2) is 0 Å². The number of nitrogens with one attached hydrogen (secondary N) is 1. The first-order valence-corrected chi connectivity index (χ1v) is 8.74. The van der Waals surface area contributed by atoms with Crippen molar-refractivity contribution < 1.29 is 9.47 Å². The zero-order valence-electron chi connectivity index (χ0n) is 12.7. The molecule has 0 radical (unpaired) electrons. The normalized spacial score (nSPS) is 24.4. The molecule has 1 aromatic rings. The summed E-state index contributed by atoms with van der Waals surface area (Å²) in [7, 11) is 1.96. The van der Waals surface area contributed by atoms with Gasteiger partial charge in [0.25, 0.3) is 0 Å². The molecule has 1 aliphatic heterocycles.